The lowest BCUT2D eigenvalue weighted by Crippen LogP contribution is -2.55. The summed E-state index contributed by atoms with van der Waals surface area (Å²) in [5, 5.41) is 3.66. The van der Waals surface area contributed by atoms with E-state index < -0.39 is 0 Å². The van der Waals surface area contributed by atoms with Crippen LogP contribution in [0.1, 0.15) is 26.2 Å². The van der Waals surface area contributed by atoms with Gasteiger partial charge in [0.1, 0.15) is 0 Å². The maximum atomic E-state index is 5.77. The minimum absolute atomic E-state index is 0.408. The summed E-state index contributed by atoms with van der Waals surface area (Å²) in [7, 11) is 1.89. The van der Waals surface area contributed by atoms with E-state index in [-0.39, 0.29) is 0 Å². The van der Waals surface area contributed by atoms with E-state index in [2.05, 4.69) is 27.0 Å². The molecule has 3 saturated heterocycles. The lowest BCUT2D eigenvalue weighted by atomic mass is 9.97. The molecule has 3 aliphatic heterocycles. The summed E-state index contributed by atoms with van der Waals surface area (Å²) in [4.78, 5) is 9.49. The van der Waals surface area contributed by atoms with Gasteiger partial charge >= 0.3 is 0 Å². The molecule has 26 heavy (non-hydrogen) atoms. The van der Waals surface area contributed by atoms with Gasteiger partial charge in [-0.3, -0.25) is 9.89 Å². The van der Waals surface area contributed by atoms with Crippen LogP contribution in [0.2, 0.25) is 0 Å². The number of aliphatic imine (C=N–C) groups is 1. The fraction of sp³-hybridized carbons (Fsp3) is 0.947. The molecule has 0 amide bonds. The van der Waals surface area contributed by atoms with Gasteiger partial charge in [0.05, 0.1) is 25.9 Å². The Balaban J connectivity index is 1.53. The quantitative estimate of drug-likeness (QED) is 0.553. The summed E-state index contributed by atoms with van der Waals surface area (Å²) >= 11 is 0. The molecule has 0 radical (unpaired) electrons. The smallest absolute Gasteiger partial charge is 0.193 e. The fourth-order valence-corrected chi connectivity index (χ4v) is 4.36. The Morgan fingerprint density at radius 1 is 1.12 bits per heavy atom. The van der Waals surface area contributed by atoms with Crippen molar-refractivity contribution in [3.63, 3.8) is 0 Å². The van der Waals surface area contributed by atoms with Crippen LogP contribution in [-0.4, -0.2) is 101 Å². The third-order valence-electron chi connectivity index (χ3n) is 5.85. The first-order valence-corrected chi connectivity index (χ1v) is 10.3. The van der Waals surface area contributed by atoms with Gasteiger partial charge in [0.2, 0.25) is 0 Å². The Bertz CT molecular complexity index is 429. The highest BCUT2D eigenvalue weighted by Crippen LogP contribution is 2.22. The van der Waals surface area contributed by atoms with Crippen molar-refractivity contribution in [2.45, 2.75) is 38.3 Å². The molecular formula is C19H36N4O3. The van der Waals surface area contributed by atoms with E-state index in [1.165, 1.54) is 0 Å². The van der Waals surface area contributed by atoms with Gasteiger partial charge in [-0.25, -0.2) is 0 Å². The molecule has 0 aromatic rings. The minimum Gasteiger partial charge on any atom is -0.381 e. The standard InChI is InChI=1S/C19H36N4O3/c1-3-26-17-4-7-23(8-5-17)19(20-2)21-14-18(16-6-11-25-15-16)22-9-12-24-13-10-22/h16-18H,3-15H2,1-2H3,(H,20,21). The Hall–Kier alpha value is -0.890. The molecular weight excluding hydrogens is 332 g/mol. The van der Waals surface area contributed by atoms with Crippen molar-refractivity contribution in [3.8, 4) is 0 Å². The van der Waals surface area contributed by atoms with Crippen molar-refractivity contribution < 1.29 is 14.2 Å². The Morgan fingerprint density at radius 3 is 2.50 bits per heavy atom. The zero-order valence-electron chi connectivity index (χ0n) is 16.5. The first-order valence-electron chi connectivity index (χ1n) is 10.3. The maximum absolute atomic E-state index is 5.77. The SMILES string of the molecule is CCOC1CCN(C(=NC)NCC(C2CCOC2)N2CCOCC2)CC1. The Labute approximate surface area is 158 Å². The molecule has 3 aliphatic rings. The lowest BCUT2D eigenvalue weighted by molar-refractivity contribution is 0.00207. The van der Waals surface area contributed by atoms with Gasteiger partial charge < -0.3 is 24.4 Å². The van der Waals surface area contributed by atoms with Crippen LogP contribution < -0.4 is 5.32 Å². The van der Waals surface area contributed by atoms with Crippen molar-refractivity contribution in [1.82, 2.24) is 15.1 Å². The van der Waals surface area contributed by atoms with E-state index >= 15 is 0 Å². The van der Waals surface area contributed by atoms with E-state index in [1.54, 1.807) is 0 Å². The molecule has 0 spiro atoms. The molecule has 7 nitrogen and oxygen atoms in total. The largest absolute Gasteiger partial charge is 0.381 e. The highest BCUT2D eigenvalue weighted by Gasteiger charge is 2.32. The highest BCUT2D eigenvalue weighted by molar-refractivity contribution is 5.80. The Kier molecular flexibility index (Phi) is 7.98. The van der Waals surface area contributed by atoms with Crippen molar-refractivity contribution in [2.24, 2.45) is 10.9 Å². The number of nitrogens with one attached hydrogen (secondary N) is 1. The van der Waals surface area contributed by atoms with E-state index in [1.807, 2.05) is 7.05 Å². The molecule has 0 aromatic carbocycles. The molecule has 150 valence electrons. The summed E-state index contributed by atoms with van der Waals surface area (Å²) in [6, 6.07) is 0.485. The number of hydrogen-bond donors (Lipinski definition) is 1. The van der Waals surface area contributed by atoms with E-state index in [0.29, 0.717) is 18.1 Å². The van der Waals surface area contributed by atoms with Gasteiger partial charge in [-0.2, -0.15) is 0 Å². The number of piperidine rings is 1. The van der Waals surface area contributed by atoms with Gasteiger partial charge in [0.25, 0.3) is 0 Å². The molecule has 0 aromatic heterocycles. The average Bonchev–Trinajstić information content (AvgIpc) is 3.22. The summed E-state index contributed by atoms with van der Waals surface area (Å²) < 4.78 is 17.0. The van der Waals surface area contributed by atoms with E-state index in [4.69, 9.17) is 14.2 Å². The molecule has 2 atom stereocenters. The molecule has 1 N–H and O–H groups in total. The second-order valence-corrected chi connectivity index (χ2v) is 7.41. The zero-order chi connectivity index (χ0) is 18.2. The number of ether oxygens (including phenoxy) is 3. The summed E-state index contributed by atoms with van der Waals surface area (Å²) in [6.07, 6.45) is 3.73. The first kappa shape index (κ1) is 19.9. The van der Waals surface area contributed by atoms with Gasteiger partial charge in [-0.1, -0.05) is 0 Å². The molecule has 0 aliphatic carbocycles. The van der Waals surface area contributed by atoms with Crippen LogP contribution >= 0.6 is 0 Å². The van der Waals surface area contributed by atoms with Crippen molar-refractivity contribution in [3.05, 3.63) is 0 Å². The number of hydrogen-bond acceptors (Lipinski definition) is 5. The highest BCUT2D eigenvalue weighted by atomic mass is 16.5. The number of likely N-dealkylation sites (tertiary alicyclic amines) is 1. The number of guanidine groups is 1. The maximum Gasteiger partial charge on any atom is 0.193 e. The van der Waals surface area contributed by atoms with Crippen molar-refractivity contribution in [1.29, 1.82) is 0 Å². The summed E-state index contributed by atoms with van der Waals surface area (Å²) in [5.74, 6) is 1.62. The van der Waals surface area contributed by atoms with Gasteiger partial charge in [-0.05, 0) is 26.2 Å². The first-order chi connectivity index (χ1) is 12.8. The number of nitrogens with zero attached hydrogens (tertiary/aromatic N) is 3. The molecule has 2 unspecified atom stereocenters. The minimum atomic E-state index is 0.408. The normalized spacial score (nSPS) is 27.7. The van der Waals surface area contributed by atoms with Crippen molar-refractivity contribution in [2.75, 3.05) is 72.8 Å². The van der Waals surface area contributed by atoms with Crippen LogP contribution in [-0.2, 0) is 14.2 Å². The molecule has 0 saturated carbocycles. The molecule has 0 bridgehead atoms. The molecule has 3 heterocycles. The third kappa shape index (κ3) is 5.31. The summed E-state index contributed by atoms with van der Waals surface area (Å²) in [5.41, 5.74) is 0. The zero-order valence-corrected chi connectivity index (χ0v) is 16.5. The average molecular weight is 369 g/mol. The molecule has 7 heteroatoms. The second kappa shape index (κ2) is 10.4. The van der Waals surface area contributed by atoms with Gasteiger partial charge in [0, 0.05) is 64.9 Å². The van der Waals surface area contributed by atoms with Gasteiger partial charge in [-0.15, -0.1) is 0 Å². The predicted octanol–water partition coefficient (Wildman–Crippen LogP) is 0.800. The second-order valence-electron chi connectivity index (χ2n) is 7.41. The number of rotatable bonds is 6. The fourth-order valence-electron chi connectivity index (χ4n) is 4.36. The van der Waals surface area contributed by atoms with Crippen LogP contribution in [0, 0.1) is 5.92 Å². The van der Waals surface area contributed by atoms with Crippen molar-refractivity contribution >= 4 is 5.96 Å². The molecule has 3 rings (SSSR count). The monoisotopic (exact) mass is 368 g/mol. The van der Waals surface area contributed by atoms with Crippen LogP contribution in [0.5, 0.6) is 0 Å². The van der Waals surface area contributed by atoms with Crippen LogP contribution in [0.3, 0.4) is 0 Å². The van der Waals surface area contributed by atoms with E-state index in [0.717, 1.165) is 91.0 Å². The van der Waals surface area contributed by atoms with Gasteiger partial charge in [0.15, 0.2) is 5.96 Å². The van der Waals surface area contributed by atoms with E-state index in [9.17, 15) is 0 Å². The van der Waals surface area contributed by atoms with Crippen LogP contribution in [0.15, 0.2) is 4.99 Å². The molecule has 3 fully saturated rings. The number of morpholine rings is 1. The van der Waals surface area contributed by atoms with Crippen LogP contribution in [0.25, 0.3) is 0 Å². The summed E-state index contributed by atoms with van der Waals surface area (Å²) in [6.45, 7) is 11.3. The topological polar surface area (TPSA) is 58.6 Å². The Morgan fingerprint density at radius 2 is 1.88 bits per heavy atom. The van der Waals surface area contributed by atoms with Crippen LogP contribution in [0.4, 0.5) is 0 Å². The third-order valence-corrected chi connectivity index (χ3v) is 5.85. The lowest BCUT2D eigenvalue weighted by Gasteiger charge is -2.39. The predicted molar refractivity (Wildman–Crippen MR) is 103 cm³/mol.